The van der Waals surface area contributed by atoms with Gasteiger partial charge in [-0.1, -0.05) is 48.5 Å². The van der Waals surface area contributed by atoms with Crippen molar-refractivity contribution in [2.45, 2.75) is 13.5 Å². The molecule has 3 heteroatoms. The molecule has 102 valence electrons. The number of hydrogen-bond donors (Lipinski definition) is 1. The highest BCUT2D eigenvalue weighted by molar-refractivity contribution is 5.91. The monoisotopic (exact) mass is 284 g/mol. The average Bonchev–Trinajstić information content (AvgIpc) is 2.46. The molecule has 0 unspecified atom stereocenters. The van der Waals surface area contributed by atoms with E-state index in [-0.39, 0.29) is 12.4 Å². The number of nitrogens with zero attached hydrogens (tertiary/aromatic N) is 1. The number of nitrogens with one attached hydrogen (secondary N) is 1. The molecule has 0 bridgehead atoms. The van der Waals surface area contributed by atoms with Gasteiger partial charge < -0.3 is 5.32 Å². The van der Waals surface area contributed by atoms with Gasteiger partial charge in [0, 0.05) is 18.1 Å². The van der Waals surface area contributed by atoms with E-state index in [1.54, 1.807) is 0 Å². The van der Waals surface area contributed by atoms with Crippen molar-refractivity contribution in [1.82, 2.24) is 4.98 Å². The Bertz CT molecular complexity index is 705. The molecule has 1 N–H and O–H groups in total. The van der Waals surface area contributed by atoms with Crippen molar-refractivity contribution in [2.24, 2.45) is 0 Å². The highest BCUT2D eigenvalue weighted by atomic mass is 35.5. The van der Waals surface area contributed by atoms with E-state index in [1.165, 1.54) is 21.9 Å². The van der Waals surface area contributed by atoms with Crippen molar-refractivity contribution in [3.63, 3.8) is 0 Å². The number of benzene rings is 2. The number of halogens is 1. The number of aromatic nitrogens is 1. The molecule has 0 amide bonds. The van der Waals surface area contributed by atoms with E-state index >= 15 is 0 Å². The topological polar surface area (TPSA) is 24.9 Å². The molecule has 20 heavy (non-hydrogen) atoms. The lowest BCUT2D eigenvalue weighted by Gasteiger charge is -2.10. The summed E-state index contributed by atoms with van der Waals surface area (Å²) in [6.45, 7) is 2.93. The van der Waals surface area contributed by atoms with Crippen LogP contribution in [0.5, 0.6) is 0 Å². The molecule has 0 aliphatic heterocycles. The van der Waals surface area contributed by atoms with Crippen molar-refractivity contribution >= 4 is 29.0 Å². The van der Waals surface area contributed by atoms with Crippen LogP contribution in [0.4, 0.5) is 5.82 Å². The summed E-state index contributed by atoms with van der Waals surface area (Å²) in [5, 5.41) is 5.81. The molecule has 0 aliphatic rings. The third-order valence-electron chi connectivity index (χ3n) is 3.38. The van der Waals surface area contributed by atoms with Gasteiger partial charge in [0.05, 0.1) is 0 Å². The zero-order valence-electron chi connectivity index (χ0n) is 11.3. The second-order valence-corrected chi connectivity index (χ2v) is 4.66. The Morgan fingerprint density at radius 2 is 1.70 bits per heavy atom. The standard InChI is InChI=1S/C17H16N2.ClH/c1-13-6-2-3-8-15(13)12-19-17-16-9-5-4-7-14(16)10-11-18-17;/h2-11H,12H2,1H3,(H,18,19);1H. The molecule has 1 aromatic heterocycles. The summed E-state index contributed by atoms with van der Waals surface area (Å²) >= 11 is 0. The molecule has 2 aromatic carbocycles. The molecule has 2 nitrogen and oxygen atoms in total. The molecule has 0 atom stereocenters. The van der Waals surface area contributed by atoms with Crippen LogP contribution in [0.2, 0.25) is 0 Å². The first-order valence-electron chi connectivity index (χ1n) is 6.47. The summed E-state index contributed by atoms with van der Waals surface area (Å²) in [4.78, 5) is 4.44. The molecular weight excluding hydrogens is 268 g/mol. The summed E-state index contributed by atoms with van der Waals surface area (Å²) in [5.74, 6) is 0.946. The molecule has 3 aromatic rings. The van der Waals surface area contributed by atoms with Crippen molar-refractivity contribution < 1.29 is 0 Å². The fourth-order valence-electron chi connectivity index (χ4n) is 2.25. The van der Waals surface area contributed by atoms with E-state index in [1.807, 2.05) is 24.4 Å². The number of anilines is 1. The third-order valence-corrected chi connectivity index (χ3v) is 3.38. The van der Waals surface area contributed by atoms with Crippen LogP contribution in [0.1, 0.15) is 11.1 Å². The van der Waals surface area contributed by atoms with Gasteiger partial charge in [-0.15, -0.1) is 12.4 Å². The van der Waals surface area contributed by atoms with E-state index in [9.17, 15) is 0 Å². The zero-order valence-corrected chi connectivity index (χ0v) is 12.2. The van der Waals surface area contributed by atoms with Crippen LogP contribution < -0.4 is 5.32 Å². The molecular formula is C17H17ClN2. The van der Waals surface area contributed by atoms with E-state index in [0.717, 1.165) is 12.4 Å². The normalized spacial score (nSPS) is 10.1. The maximum absolute atomic E-state index is 4.44. The van der Waals surface area contributed by atoms with Gasteiger partial charge in [0.1, 0.15) is 5.82 Å². The molecule has 0 spiro atoms. The number of fused-ring (bicyclic) bond motifs is 1. The molecule has 1 heterocycles. The van der Waals surface area contributed by atoms with Crippen molar-refractivity contribution in [3.05, 3.63) is 71.9 Å². The van der Waals surface area contributed by atoms with Gasteiger partial charge in [-0.3, -0.25) is 0 Å². The van der Waals surface area contributed by atoms with Crippen molar-refractivity contribution in [2.75, 3.05) is 5.32 Å². The van der Waals surface area contributed by atoms with Crippen LogP contribution >= 0.6 is 12.4 Å². The van der Waals surface area contributed by atoms with E-state index in [4.69, 9.17) is 0 Å². The van der Waals surface area contributed by atoms with Gasteiger partial charge in [0.2, 0.25) is 0 Å². The molecule has 0 aliphatic carbocycles. The highest BCUT2D eigenvalue weighted by Gasteiger charge is 2.02. The predicted molar refractivity (Wildman–Crippen MR) is 87.5 cm³/mol. The Kier molecular flexibility index (Phi) is 4.59. The molecule has 0 saturated carbocycles. The summed E-state index contributed by atoms with van der Waals surface area (Å²) in [6.07, 6.45) is 1.85. The minimum absolute atomic E-state index is 0. The summed E-state index contributed by atoms with van der Waals surface area (Å²) < 4.78 is 0. The van der Waals surface area contributed by atoms with Crippen LogP contribution in [0, 0.1) is 6.92 Å². The minimum Gasteiger partial charge on any atom is -0.365 e. The Balaban J connectivity index is 0.00000147. The summed E-state index contributed by atoms with van der Waals surface area (Å²) in [5.41, 5.74) is 2.60. The van der Waals surface area contributed by atoms with Crippen LogP contribution in [0.25, 0.3) is 10.8 Å². The Labute approximate surface area is 125 Å². The Hall–Kier alpha value is -2.06. The quantitative estimate of drug-likeness (QED) is 0.762. The average molecular weight is 285 g/mol. The largest absolute Gasteiger partial charge is 0.365 e. The summed E-state index contributed by atoms with van der Waals surface area (Å²) in [7, 11) is 0. The van der Waals surface area contributed by atoms with Gasteiger partial charge >= 0.3 is 0 Å². The Morgan fingerprint density at radius 3 is 2.55 bits per heavy atom. The number of aryl methyl sites for hydroxylation is 1. The predicted octanol–water partition coefficient (Wildman–Crippen LogP) is 4.58. The second kappa shape index (κ2) is 6.40. The van der Waals surface area contributed by atoms with Gasteiger partial charge in [-0.25, -0.2) is 4.98 Å². The molecule has 0 saturated heterocycles. The fraction of sp³-hybridized carbons (Fsp3) is 0.118. The van der Waals surface area contributed by atoms with Crippen LogP contribution in [0.15, 0.2) is 60.8 Å². The number of pyridine rings is 1. The molecule has 0 fully saturated rings. The minimum atomic E-state index is 0. The van der Waals surface area contributed by atoms with Gasteiger partial charge in [0.25, 0.3) is 0 Å². The second-order valence-electron chi connectivity index (χ2n) is 4.66. The smallest absolute Gasteiger partial charge is 0.134 e. The highest BCUT2D eigenvalue weighted by Crippen LogP contribution is 2.21. The van der Waals surface area contributed by atoms with E-state index in [0.29, 0.717) is 0 Å². The van der Waals surface area contributed by atoms with Crippen LogP contribution in [-0.2, 0) is 6.54 Å². The van der Waals surface area contributed by atoms with Gasteiger partial charge in [-0.2, -0.15) is 0 Å². The lowest BCUT2D eigenvalue weighted by Crippen LogP contribution is -2.03. The van der Waals surface area contributed by atoms with E-state index in [2.05, 4.69) is 53.6 Å². The number of hydrogen-bond acceptors (Lipinski definition) is 2. The van der Waals surface area contributed by atoms with Gasteiger partial charge in [0.15, 0.2) is 0 Å². The Morgan fingerprint density at radius 1 is 0.950 bits per heavy atom. The summed E-state index contributed by atoms with van der Waals surface area (Å²) in [6, 6.07) is 18.7. The SMILES string of the molecule is Cc1ccccc1CNc1nccc2ccccc12.Cl. The zero-order chi connectivity index (χ0) is 13.1. The molecule has 3 rings (SSSR count). The van der Waals surface area contributed by atoms with E-state index < -0.39 is 0 Å². The first kappa shape index (κ1) is 14.4. The maximum atomic E-state index is 4.44. The van der Waals surface area contributed by atoms with Crippen molar-refractivity contribution in [1.29, 1.82) is 0 Å². The number of rotatable bonds is 3. The van der Waals surface area contributed by atoms with Gasteiger partial charge in [-0.05, 0) is 29.5 Å². The first-order valence-corrected chi connectivity index (χ1v) is 6.47. The lowest BCUT2D eigenvalue weighted by molar-refractivity contribution is 1.10. The van der Waals surface area contributed by atoms with Crippen molar-refractivity contribution in [3.8, 4) is 0 Å². The lowest BCUT2D eigenvalue weighted by atomic mass is 10.1. The van der Waals surface area contributed by atoms with Crippen LogP contribution in [-0.4, -0.2) is 4.98 Å². The fourth-order valence-corrected chi connectivity index (χ4v) is 2.25. The molecule has 0 radical (unpaired) electrons. The maximum Gasteiger partial charge on any atom is 0.134 e. The van der Waals surface area contributed by atoms with Crippen LogP contribution in [0.3, 0.4) is 0 Å². The third kappa shape index (κ3) is 2.91. The first-order chi connectivity index (χ1) is 9.34.